The third-order valence-corrected chi connectivity index (χ3v) is 5.96. The van der Waals surface area contributed by atoms with Crippen molar-refractivity contribution in [3.8, 4) is 0 Å². The predicted octanol–water partition coefficient (Wildman–Crippen LogP) is 4.22. The van der Waals surface area contributed by atoms with Crippen LogP contribution in [0.3, 0.4) is 0 Å². The Labute approximate surface area is 205 Å². The molecule has 4 rings (SSSR count). The Bertz CT molecular complexity index is 1030. The molecule has 2 aromatic rings. The molecule has 0 bridgehead atoms. The van der Waals surface area contributed by atoms with Gasteiger partial charge in [-0.2, -0.15) is 0 Å². The average Bonchev–Trinajstić information content (AvgIpc) is 3.53. The molecule has 184 valence electrons. The zero-order chi connectivity index (χ0) is 25.0. The minimum absolute atomic E-state index is 0.266. The van der Waals surface area contributed by atoms with Crippen molar-refractivity contribution in [2.45, 2.75) is 52.0 Å². The van der Waals surface area contributed by atoms with E-state index in [-0.39, 0.29) is 25.2 Å². The fraction of sp³-hybridized carbons (Fsp3) is 0.407. The van der Waals surface area contributed by atoms with E-state index in [4.69, 9.17) is 28.9 Å². The molecule has 0 unspecified atom stereocenters. The number of esters is 2. The lowest BCUT2D eigenvalue weighted by Crippen LogP contribution is -2.34. The van der Waals surface area contributed by atoms with Crippen LogP contribution in [0.25, 0.3) is 0 Å². The van der Waals surface area contributed by atoms with Crippen molar-refractivity contribution >= 4 is 23.7 Å². The van der Waals surface area contributed by atoms with Gasteiger partial charge in [-0.1, -0.05) is 60.7 Å². The van der Waals surface area contributed by atoms with Crippen molar-refractivity contribution in [1.29, 1.82) is 0 Å². The third-order valence-electron chi connectivity index (χ3n) is 5.96. The monoisotopic (exact) mass is 478 g/mol. The summed E-state index contributed by atoms with van der Waals surface area (Å²) in [6, 6.07) is 18.2. The maximum atomic E-state index is 11.8. The Balaban J connectivity index is 1.57. The minimum atomic E-state index is -0.765. The smallest absolute Gasteiger partial charge is 0.303 e. The Morgan fingerprint density at radius 1 is 0.771 bits per heavy atom. The molecule has 0 N–H and O–H groups in total. The molecular formula is C27H30N2O6. The van der Waals surface area contributed by atoms with Crippen LogP contribution in [-0.4, -0.2) is 49.0 Å². The summed E-state index contributed by atoms with van der Waals surface area (Å²) in [4.78, 5) is 33.1. The van der Waals surface area contributed by atoms with Crippen molar-refractivity contribution in [1.82, 2.24) is 0 Å². The highest BCUT2D eigenvalue weighted by Gasteiger charge is 2.44. The first-order chi connectivity index (χ1) is 16.8. The van der Waals surface area contributed by atoms with Crippen LogP contribution in [0.15, 0.2) is 70.6 Å². The van der Waals surface area contributed by atoms with E-state index in [9.17, 15) is 9.59 Å². The molecule has 0 aliphatic carbocycles. The lowest BCUT2D eigenvalue weighted by molar-refractivity contribution is -0.148. The Morgan fingerprint density at radius 3 is 1.49 bits per heavy atom. The van der Waals surface area contributed by atoms with Crippen molar-refractivity contribution in [3.05, 3.63) is 71.8 Å². The molecule has 0 spiro atoms. The first-order valence-electron chi connectivity index (χ1n) is 11.6. The molecule has 8 nitrogen and oxygen atoms in total. The number of hydrogen-bond acceptors (Lipinski definition) is 8. The summed E-state index contributed by atoms with van der Waals surface area (Å²) in [5.41, 5.74) is 0.930. The van der Waals surface area contributed by atoms with Crippen molar-refractivity contribution < 1.29 is 28.5 Å². The summed E-state index contributed by atoms with van der Waals surface area (Å²) < 4.78 is 23.2. The fourth-order valence-corrected chi connectivity index (χ4v) is 4.24. The molecule has 0 radical (unpaired) electrons. The van der Waals surface area contributed by atoms with E-state index in [1.165, 1.54) is 13.8 Å². The Morgan fingerprint density at radius 2 is 1.14 bits per heavy atom. The van der Waals surface area contributed by atoms with Crippen LogP contribution in [0.1, 0.15) is 51.0 Å². The molecule has 35 heavy (non-hydrogen) atoms. The van der Waals surface area contributed by atoms with Gasteiger partial charge in [0.2, 0.25) is 0 Å². The van der Waals surface area contributed by atoms with Gasteiger partial charge in [-0.15, -0.1) is 0 Å². The maximum Gasteiger partial charge on any atom is 0.303 e. The number of rotatable bonds is 8. The number of carbonyl (C=O) groups is 2. The lowest BCUT2D eigenvalue weighted by Gasteiger charge is -2.22. The number of nitrogens with zero attached hydrogens (tertiary/aromatic N) is 2. The van der Waals surface area contributed by atoms with E-state index >= 15 is 0 Å². The molecule has 8 heteroatoms. The van der Waals surface area contributed by atoms with Crippen molar-refractivity contribution in [2.75, 3.05) is 13.2 Å². The SMILES string of the molecule is CC(=O)O[C@@H](c1ccccc1)[C@H]1COC(C(C)(C)C2=N[C@@H]([C@@H](OC(C)=O)c3ccccc3)CO2)=N1. The molecule has 0 saturated heterocycles. The Kier molecular flexibility index (Phi) is 7.19. The van der Waals surface area contributed by atoms with Gasteiger partial charge in [-0.3, -0.25) is 9.59 Å². The summed E-state index contributed by atoms with van der Waals surface area (Å²) in [7, 11) is 0. The molecule has 2 aromatic carbocycles. The van der Waals surface area contributed by atoms with Gasteiger partial charge in [0.05, 0.1) is 0 Å². The van der Waals surface area contributed by atoms with Gasteiger partial charge >= 0.3 is 11.9 Å². The molecule has 0 amide bonds. The number of hydrogen-bond donors (Lipinski definition) is 0. The standard InChI is InChI=1S/C27H30N2O6/c1-17(30)34-23(19-11-7-5-8-12-19)21-15-32-25(28-21)27(3,4)26-29-22(16-33-26)24(35-18(2)31)20-13-9-6-10-14-20/h5-14,21-24H,15-16H2,1-4H3/t21-,22-,23+,24+/m1/s1. The molecule has 2 aliphatic heterocycles. The number of carbonyl (C=O) groups excluding carboxylic acids is 2. The van der Waals surface area contributed by atoms with Crippen LogP contribution >= 0.6 is 0 Å². The van der Waals surface area contributed by atoms with Gasteiger partial charge < -0.3 is 18.9 Å². The van der Waals surface area contributed by atoms with Gasteiger partial charge in [0, 0.05) is 13.8 Å². The van der Waals surface area contributed by atoms with Crippen LogP contribution in [0.4, 0.5) is 0 Å². The average molecular weight is 479 g/mol. The maximum absolute atomic E-state index is 11.8. The normalized spacial score (nSPS) is 21.1. The first kappa shape index (κ1) is 24.4. The molecule has 0 saturated carbocycles. The molecule has 0 aromatic heterocycles. The van der Waals surface area contributed by atoms with E-state index in [0.29, 0.717) is 11.8 Å². The second-order valence-corrected chi connectivity index (χ2v) is 9.13. The third kappa shape index (κ3) is 5.53. The van der Waals surface area contributed by atoms with E-state index in [2.05, 4.69) is 0 Å². The quantitative estimate of drug-likeness (QED) is 0.527. The van der Waals surface area contributed by atoms with Crippen LogP contribution in [0, 0.1) is 5.41 Å². The fourth-order valence-electron chi connectivity index (χ4n) is 4.24. The molecule has 2 heterocycles. The van der Waals surface area contributed by atoms with Crippen molar-refractivity contribution in [2.24, 2.45) is 15.4 Å². The van der Waals surface area contributed by atoms with E-state index in [1.807, 2.05) is 74.5 Å². The van der Waals surface area contributed by atoms with E-state index < -0.39 is 29.7 Å². The van der Waals surface area contributed by atoms with Crippen LogP contribution in [-0.2, 0) is 28.5 Å². The van der Waals surface area contributed by atoms with Crippen LogP contribution in [0.5, 0.6) is 0 Å². The summed E-state index contributed by atoms with van der Waals surface area (Å²) in [5, 5.41) is 0. The Hall–Kier alpha value is -3.68. The zero-order valence-corrected chi connectivity index (χ0v) is 20.3. The van der Waals surface area contributed by atoms with Crippen LogP contribution < -0.4 is 0 Å². The number of aliphatic imine (C=N–C) groups is 2. The molecule has 4 atom stereocenters. The topological polar surface area (TPSA) is 95.8 Å². The van der Waals surface area contributed by atoms with E-state index in [0.717, 1.165) is 11.1 Å². The second kappa shape index (κ2) is 10.3. The summed E-state index contributed by atoms with van der Waals surface area (Å²) in [6.07, 6.45) is -1.12. The summed E-state index contributed by atoms with van der Waals surface area (Å²) in [6.45, 7) is 7.14. The van der Waals surface area contributed by atoms with E-state index in [1.54, 1.807) is 0 Å². The second-order valence-electron chi connectivity index (χ2n) is 9.13. The molecule has 2 aliphatic rings. The highest BCUT2D eigenvalue weighted by molar-refractivity contribution is 6.05. The van der Waals surface area contributed by atoms with Gasteiger partial charge in [-0.05, 0) is 25.0 Å². The zero-order valence-electron chi connectivity index (χ0n) is 20.3. The molecule has 0 fully saturated rings. The van der Waals surface area contributed by atoms with Gasteiger partial charge in [0.1, 0.15) is 30.7 Å². The minimum Gasteiger partial charge on any atom is -0.478 e. The number of benzene rings is 2. The predicted molar refractivity (Wildman–Crippen MR) is 130 cm³/mol. The highest BCUT2D eigenvalue weighted by Crippen LogP contribution is 2.35. The van der Waals surface area contributed by atoms with Gasteiger partial charge in [-0.25, -0.2) is 9.98 Å². The van der Waals surface area contributed by atoms with Gasteiger partial charge in [0.25, 0.3) is 0 Å². The largest absolute Gasteiger partial charge is 0.478 e. The summed E-state index contributed by atoms with van der Waals surface area (Å²) in [5.74, 6) is 0.147. The number of ether oxygens (including phenoxy) is 4. The first-order valence-corrected chi connectivity index (χ1v) is 11.6. The summed E-state index contributed by atoms with van der Waals surface area (Å²) >= 11 is 0. The molecular weight excluding hydrogens is 448 g/mol. The van der Waals surface area contributed by atoms with Crippen LogP contribution in [0.2, 0.25) is 0 Å². The highest BCUT2D eigenvalue weighted by atomic mass is 16.6. The van der Waals surface area contributed by atoms with Crippen molar-refractivity contribution in [3.63, 3.8) is 0 Å². The lowest BCUT2D eigenvalue weighted by atomic mass is 9.92. The van der Waals surface area contributed by atoms with Gasteiger partial charge in [0.15, 0.2) is 24.0 Å².